The van der Waals surface area contributed by atoms with Crippen molar-refractivity contribution in [2.24, 2.45) is 0 Å². The molecule has 1 heterocycles. The maximum atomic E-state index is 12.3. The number of carbonyl (C=O) groups excluding carboxylic acids is 1. The Bertz CT molecular complexity index is 309. The van der Waals surface area contributed by atoms with Crippen LogP contribution in [0.1, 0.15) is 40.0 Å². The highest BCUT2D eigenvalue weighted by atomic mass is 32.2. The van der Waals surface area contributed by atoms with Crippen molar-refractivity contribution < 1.29 is 9.00 Å². The maximum absolute atomic E-state index is 12.3. The lowest BCUT2D eigenvalue weighted by molar-refractivity contribution is -0.132. The van der Waals surface area contributed by atoms with Crippen molar-refractivity contribution in [3.05, 3.63) is 0 Å². The lowest BCUT2D eigenvalue weighted by Crippen LogP contribution is -2.43. The molecule has 0 spiro atoms. The fourth-order valence-corrected chi connectivity index (χ4v) is 2.66. The molecule has 1 rings (SSSR count). The molecule has 17 heavy (non-hydrogen) atoms. The normalized spacial score (nSPS) is 30.9. The fourth-order valence-electron chi connectivity index (χ4n) is 2.20. The Balaban J connectivity index is 2.75. The van der Waals surface area contributed by atoms with E-state index in [1.807, 2.05) is 18.7 Å². The Morgan fingerprint density at radius 2 is 2.12 bits per heavy atom. The Labute approximate surface area is 107 Å². The van der Waals surface area contributed by atoms with Gasteiger partial charge >= 0.3 is 0 Å². The lowest BCUT2D eigenvalue weighted by Gasteiger charge is -2.23. The summed E-state index contributed by atoms with van der Waals surface area (Å²) < 4.78 is 11.2. The zero-order valence-electron chi connectivity index (χ0n) is 11.3. The van der Waals surface area contributed by atoms with Gasteiger partial charge in [0.1, 0.15) is 0 Å². The van der Waals surface area contributed by atoms with Crippen LogP contribution in [-0.4, -0.2) is 45.3 Å². The molecular weight excluding hydrogens is 236 g/mol. The molecule has 0 bridgehead atoms. The molecule has 1 fully saturated rings. The van der Waals surface area contributed by atoms with Crippen LogP contribution >= 0.6 is 0 Å². The number of hydrogen-bond acceptors (Lipinski definition) is 3. The highest BCUT2D eigenvalue weighted by Crippen LogP contribution is 2.25. The van der Waals surface area contributed by atoms with E-state index < -0.39 is 16.3 Å². The van der Waals surface area contributed by atoms with Gasteiger partial charge in [-0.05, 0) is 19.8 Å². The van der Waals surface area contributed by atoms with Crippen molar-refractivity contribution in [2.75, 3.05) is 18.6 Å². The van der Waals surface area contributed by atoms with Crippen LogP contribution in [0.3, 0.4) is 0 Å². The summed E-state index contributed by atoms with van der Waals surface area (Å²) in [7, 11) is -0.844. The Hall–Kier alpha value is -0.420. The number of nitrogens with one attached hydrogen (secondary N) is 1. The summed E-state index contributed by atoms with van der Waals surface area (Å²) in [5, 5.41) is 3.42. The van der Waals surface area contributed by atoms with E-state index in [1.54, 1.807) is 6.26 Å². The molecule has 1 saturated heterocycles. The van der Waals surface area contributed by atoms with Crippen LogP contribution in [0.25, 0.3) is 0 Å². The van der Waals surface area contributed by atoms with E-state index in [0.29, 0.717) is 12.3 Å². The second kappa shape index (κ2) is 5.96. The molecule has 0 aliphatic carbocycles. The smallest absolute Gasteiger partial charge is 0.243 e. The monoisotopic (exact) mass is 260 g/mol. The molecule has 0 saturated carbocycles. The molecule has 1 amide bonds. The fraction of sp³-hybridized carbons (Fsp3) is 0.917. The van der Waals surface area contributed by atoms with Crippen molar-refractivity contribution in [3.63, 3.8) is 0 Å². The van der Waals surface area contributed by atoms with E-state index in [2.05, 4.69) is 12.2 Å². The van der Waals surface area contributed by atoms with Gasteiger partial charge < -0.3 is 4.90 Å². The minimum atomic E-state index is -0.844. The molecule has 0 aromatic carbocycles. The third-order valence-corrected chi connectivity index (χ3v) is 4.24. The average Bonchev–Trinajstić information content (AvgIpc) is 2.50. The average molecular weight is 260 g/mol. The van der Waals surface area contributed by atoms with Gasteiger partial charge in [-0.25, -0.2) is 0 Å². The van der Waals surface area contributed by atoms with E-state index in [9.17, 15) is 9.00 Å². The van der Waals surface area contributed by atoms with Gasteiger partial charge in [0, 0.05) is 29.4 Å². The zero-order chi connectivity index (χ0) is 13.1. The van der Waals surface area contributed by atoms with Gasteiger partial charge in [0.25, 0.3) is 0 Å². The quantitative estimate of drug-likeness (QED) is 0.778. The highest BCUT2D eigenvalue weighted by molar-refractivity contribution is 7.84. The SMILES string of the molecule is CCCC1NC(C)(CC)C(=O)N1CCS(C)=O. The number of nitrogens with zero attached hydrogens (tertiary/aromatic N) is 1. The van der Waals surface area contributed by atoms with Gasteiger partial charge in [0.15, 0.2) is 0 Å². The minimum Gasteiger partial charge on any atom is -0.325 e. The summed E-state index contributed by atoms with van der Waals surface area (Å²) in [6, 6.07) is 0. The molecule has 1 aliphatic rings. The summed E-state index contributed by atoms with van der Waals surface area (Å²) in [5.74, 6) is 0.719. The summed E-state index contributed by atoms with van der Waals surface area (Å²) in [4.78, 5) is 14.2. The zero-order valence-corrected chi connectivity index (χ0v) is 12.1. The topological polar surface area (TPSA) is 49.4 Å². The van der Waals surface area contributed by atoms with Crippen LogP contribution in [0.15, 0.2) is 0 Å². The van der Waals surface area contributed by atoms with E-state index in [0.717, 1.165) is 19.3 Å². The summed E-state index contributed by atoms with van der Waals surface area (Å²) in [6.07, 6.45) is 4.58. The number of amides is 1. The van der Waals surface area contributed by atoms with E-state index in [-0.39, 0.29) is 12.1 Å². The van der Waals surface area contributed by atoms with Crippen LogP contribution in [0.5, 0.6) is 0 Å². The van der Waals surface area contributed by atoms with E-state index >= 15 is 0 Å². The van der Waals surface area contributed by atoms with Crippen molar-refractivity contribution in [1.82, 2.24) is 10.2 Å². The van der Waals surface area contributed by atoms with Crippen molar-refractivity contribution in [2.45, 2.75) is 51.7 Å². The standard InChI is InChI=1S/C12H24N2O2S/c1-5-7-10-13-12(3,6-2)11(15)14(10)8-9-17(4)16/h10,13H,5-9H2,1-4H3. The first-order valence-corrected chi connectivity index (χ1v) is 8.06. The molecular formula is C12H24N2O2S. The predicted molar refractivity (Wildman–Crippen MR) is 71.2 cm³/mol. The largest absolute Gasteiger partial charge is 0.325 e. The lowest BCUT2D eigenvalue weighted by atomic mass is 9.99. The van der Waals surface area contributed by atoms with Crippen molar-refractivity contribution in [1.29, 1.82) is 0 Å². The third kappa shape index (κ3) is 3.28. The van der Waals surface area contributed by atoms with Crippen LogP contribution in [0.2, 0.25) is 0 Å². The van der Waals surface area contributed by atoms with Crippen molar-refractivity contribution in [3.8, 4) is 0 Å². The molecule has 0 aromatic heterocycles. The minimum absolute atomic E-state index is 0.112. The van der Waals surface area contributed by atoms with Gasteiger partial charge in [0.2, 0.25) is 5.91 Å². The number of hydrogen-bond donors (Lipinski definition) is 1. The molecule has 0 aromatic rings. The first-order valence-electron chi connectivity index (χ1n) is 6.33. The third-order valence-electron chi connectivity index (χ3n) is 3.48. The van der Waals surface area contributed by atoms with Gasteiger partial charge in [-0.1, -0.05) is 20.3 Å². The highest BCUT2D eigenvalue weighted by Gasteiger charge is 2.45. The molecule has 4 nitrogen and oxygen atoms in total. The molecule has 5 heteroatoms. The summed E-state index contributed by atoms with van der Waals surface area (Å²) in [6.45, 7) is 6.69. The Kier molecular flexibility index (Phi) is 5.13. The Morgan fingerprint density at radius 1 is 1.47 bits per heavy atom. The van der Waals surface area contributed by atoms with Gasteiger partial charge in [-0.2, -0.15) is 0 Å². The molecule has 3 unspecified atom stereocenters. The molecule has 3 atom stereocenters. The van der Waals surface area contributed by atoms with Gasteiger partial charge in [-0.15, -0.1) is 0 Å². The Morgan fingerprint density at radius 3 is 2.59 bits per heavy atom. The van der Waals surface area contributed by atoms with Crippen LogP contribution in [0, 0.1) is 0 Å². The van der Waals surface area contributed by atoms with Crippen molar-refractivity contribution >= 4 is 16.7 Å². The number of rotatable bonds is 6. The van der Waals surface area contributed by atoms with E-state index in [4.69, 9.17) is 0 Å². The second-order valence-electron chi connectivity index (χ2n) is 4.91. The number of carbonyl (C=O) groups is 1. The predicted octanol–water partition coefficient (Wildman–Crippen LogP) is 1.09. The first kappa shape index (κ1) is 14.6. The van der Waals surface area contributed by atoms with Crippen LogP contribution in [-0.2, 0) is 15.6 Å². The van der Waals surface area contributed by atoms with Gasteiger partial charge in [-0.3, -0.25) is 14.3 Å². The summed E-state index contributed by atoms with van der Waals surface area (Å²) >= 11 is 0. The first-order chi connectivity index (χ1) is 7.94. The molecule has 1 N–H and O–H groups in total. The van der Waals surface area contributed by atoms with E-state index in [1.165, 1.54) is 0 Å². The second-order valence-corrected chi connectivity index (χ2v) is 6.46. The van der Waals surface area contributed by atoms with Gasteiger partial charge in [0.05, 0.1) is 11.7 Å². The van der Waals surface area contributed by atoms with Crippen LogP contribution < -0.4 is 5.32 Å². The molecule has 0 radical (unpaired) electrons. The molecule has 100 valence electrons. The molecule has 1 aliphatic heterocycles. The maximum Gasteiger partial charge on any atom is 0.243 e. The van der Waals surface area contributed by atoms with Crippen LogP contribution in [0.4, 0.5) is 0 Å². The summed E-state index contributed by atoms with van der Waals surface area (Å²) in [5.41, 5.74) is -0.435.